The molecule has 0 radical (unpaired) electrons. The zero-order chi connectivity index (χ0) is 14.8. The van der Waals surface area contributed by atoms with Crippen LogP contribution in [0, 0.1) is 0 Å². The molecule has 0 saturated carbocycles. The van der Waals surface area contributed by atoms with Crippen molar-refractivity contribution in [3.63, 3.8) is 0 Å². The summed E-state index contributed by atoms with van der Waals surface area (Å²) >= 11 is 0.944. The first-order valence-electron chi connectivity index (χ1n) is 6.58. The van der Waals surface area contributed by atoms with E-state index in [1.54, 1.807) is 6.20 Å². The molecule has 0 amide bonds. The summed E-state index contributed by atoms with van der Waals surface area (Å²) in [7, 11) is 0. The average Bonchev–Trinajstić information content (AvgIpc) is 2.97. The molecule has 112 valence electrons. The van der Waals surface area contributed by atoms with Gasteiger partial charge >= 0.3 is 0 Å². The Morgan fingerprint density at radius 3 is 2.95 bits per heavy atom. The van der Waals surface area contributed by atoms with Crippen LogP contribution in [0.3, 0.4) is 0 Å². The lowest BCUT2D eigenvalue weighted by Gasteiger charge is -2.31. The molecule has 1 atom stereocenters. The lowest BCUT2D eigenvalue weighted by molar-refractivity contribution is 0.150. The van der Waals surface area contributed by atoms with Crippen molar-refractivity contribution in [2.24, 2.45) is 0 Å². The van der Waals surface area contributed by atoms with Gasteiger partial charge in [-0.25, -0.2) is 18.7 Å². The van der Waals surface area contributed by atoms with Crippen LogP contribution in [0.5, 0.6) is 0 Å². The SMILES string of the molecule is Nc1nccc(C2CCCN(c3nnc(C(F)F)s3)C2)n1. The summed E-state index contributed by atoms with van der Waals surface area (Å²) in [5.41, 5.74) is 6.49. The van der Waals surface area contributed by atoms with Crippen LogP contribution in [0.15, 0.2) is 12.3 Å². The van der Waals surface area contributed by atoms with Crippen LogP contribution in [0.1, 0.15) is 35.9 Å². The summed E-state index contributed by atoms with van der Waals surface area (Å²) in [6, 6.07) is 1.84. The Balaban J connectivity index is 1.76. The quantitative estimate of drug-likeness (QED) is 0.936. The standard InChI is InChI=1S/C12H14F2N6S/c13-9(14)10-18-19-12(21-10)20-5-1-2-7(6-20)8-3-4-16-11(15)17-8/h3-4,7,9H,1-2,5-6H2,(H2,15,16,17). The first-order valence-corrected chi connectivity index (χ1v) is 7.40. The fraction of sp³-hybridized carbons (Fsp3) is 0.500. The number of anilines is 2. The second-order valence-electron chi connectivity index (χ2n) is 4.85. The maximum Gasteiger partial charge on any atom is 0.291 e. The molecule has 1 aliphatic heterocycles. The molecule has 3 rings (SSSR count). The van der Waals surface area contributed by atoms with E-state index in [1.165, 1.54) is 0 Å². The van der Waals surface area contributed by atoms with Gasteiger partial charge in [0.2, 0.25) is 11.1 Å². The number of nitrogens with two attached hydrogens (primary N) is 1. The van der Waals surface area contributed by atoms with Gasteiger partial charge in [-0.1, -0.05) is 11.3 Å². The minimum Gasteiger partial charge on any atom is -0.368 e. The van der Waals surface area contributed by atoms with E-state index in [-0.39, 0.29) is 16.9 Å². The van der Waals surface area contributed by atoms with E-state index in [1.807, 2.05) is 11.0 Å². The van der Waals surface area contributed by atoms with Crippen LogP contribution in [0.25, 0.3) is 0 Å². The summed E-state index contributed by atoms with van der Waals surface area (Å²) in [5.74, 6) is 0.448. The van der Waals surface area contributed by atoms with Gasteiger partial charge in [0, 0.05) is 25.2 Å². The third kappa shape index (κ3) is 3.07. The summed E-state index contributed by atoms with van der Waals surface area (Å²) in [5, 5.41) is 7.70. The lowest BCUT2D eigenvalue weighted by atomic mass is 9.95. The van der Waals surface area contributed by atoms with Crippen molar-refractivity contribution in [1.29, 1.82) is 0 Å². The van der Waals surface area contributed by atoms with Crippen molar-refractivity contribution >= 4 is 22.4 Å². The van der Waals surface area contributed by atoms with E-state index in [9.17, 15) is 8.78 Å². The Labute approximate surface area is 124 Å². The second-order valence-corrected chi connectivity index (χ2v) is 5.84. The van der Waals surface area contributed by atoms with Crippen molar-refractivity contribution < 1.29 is 8.78 Å². The highest BCUT2D eigenvalue weighted by atomic mass is 32.1. The molecule has 1 fully saturated rings. The van der Waals surface area contributed by atoms with Gasteiger partial charge < -0.3 is 10.6 Å². The summed E-state index contributed by atoms with van der Waals surface area (Å²) in [6.45, 7) is 1.46. The average molecular weight is 312 g/mol. The van der Waals surface area contributed by atoms with Gasteiger partial charge in [-0.2, -0.15) is 0 Å². The van der Waals surface area contributed by atoms with Crippen LogP contribution >= 0.6 is 11.3 Å². The first kappa shape index (κ1) is 14.1. The summed E-state index contributed by atoms with van der Waals surface area (Å²) in [6.07, 6.45) is 0.987. The molecular formula is C12H14F2N6S. The molecule has 9 heteroatoms. The summed E-state index contributed by atoms with van der Waals surface area (Å²) < 4.78 is 25.2. The third-order valence-electron chi connectivity index (χ3n) is 3.42. The third-order valence-corrected chi connectivity index (χ3v) is 4.41. The Hall–Kier alpha value is -1.90. The molecule has 1 aliphatic rings. The zero-order valence-corrected chi connectivity index (χ0v) is 11.9. The molecular weight excluding hydrogens is 298 g/mol. The number of nitrogen functional groups attached to an aromatic ring is 1. The Bertz CT molecular complexity index is 619. The predicted octanol–water partition coefficient (Wildman–Crippen LogP) is 2.23. The number of alkyl halides is 2. The van der Waals surface area contributed by atoms with Crippen molar-refractivity contribution in [3.05, 3.63) is 23.0 Å². The zero-order valence-electron chi connectivity index (χ0n) is 11.1. The molecule has 3 heterocycles. The molecule has 21 heavy (non-hydrogen) atoms. The number of rotatable bonds is 3. The topological polar surface area (TPSA) is 80.8 Å². The Morgan fingerprint density at radius 1 is 1.38 bits per heavy atom. The number of piperidine rings is 1. The van der Waals surface area contributed by atoms with E-state index < -0.39 is 6.43 Å². The van der Waals surface area contributed by atoms with Crippen molar-refractivity contribution in [2.45, 2.75) is 25.2 Å². The largest absolute Gasteiger partial charge is 0.368 e. The highest BCUT2D eigenvalue weighted by Gasteiger charge is 2.26. The Morgan fingerprint density at radius 2 is 2.24 bits per heavy atom. The molecule has 2 aromatic rings. The molecule has 6 nitrogen and oxygen atoms in total. The number of hydrogen-bond donors (Lipinski definition) is 1. The molecule has 1 saturated heterocycles. The highest BCUT2D eigenvalue weighted by molar-refractivity contribution is 7.15. The monoisotopic (exact) mass is 312 g/mol. The first-order chi connectivity index (χ1) is 10.1. The second kappa shape index (κ2) is 5.84. The van der Waals surface area contributed by atoms with Gasteiger partial charge in [-0.05, 0) is 18.9 Å². The van der Waals surface area contributed by atoms with Gasteiger partial charge in [-0.3, -0.25) is 0 Å². The van der Waals surface area contributed by atoms with Crippen molar-refractivity contribution in [2.75, 3.05) is 23.7 Å². The minimum absolute atomic E-state index is 0.197. The molecule has 2 N–H and O–H groups in total. The van der Waals surface area contributed by atoms with E-state index >= 15 is 0 Å². The van der Waals surface area contributed by atoms with Crippen LogP contribution in [-0.2, 0) is 0 Å². The van der Waals surface area contributed by atoms with E-state index in [0.717, 1.165) is 36.4 Å². The molecule has 0 aromatic carbocycles. The maximum absolute atomic E-state index is 12.6. The molecule has 0 aliphatic carbocycles. The van der Waals surface area contributed by atoms with Crippen LogP contribution in [-0.4, -0.2) is 33.3 Å². The predicted molar refractivity (Wildman–Crippen MR) is 75.5 cm³/mol. The fourth-order valence-corrected chi connectivity index (χ4v) is 3.18. The smallest absolute Gasteiger partial charge is 0.291 e. The molecule has 2 aromatic heterocycles. The number of hydrogen-bond acceptors (Lipinski definition) is 7. The molecule has 0 bridgehead atoms. The van der Waals surface area contributed by atoms with Crippen LogP contribution in [0.4, 0.5) is 19.9 Å². The lowest BCUT2D eigenvalue weighted by Crippen LogP contribution is -2.34. The number of nitrogens with zero attached hydrogens (tertiary/aromatic N) is 5. The van der Waals surface area contributed by atoms with Gasteiger partial charge in [0.15, 0.2) is 5.01 Å². The van der Waals surface area contributed by atoms with E-state index in [0.29, 0.717) is 11.7 Å². The van der Waals surface area contributed by atoms with Gasteiger partial charge in [0.1, 0.15) is 0 Å². The highest BCUT2D eigenvalue weighted by Crippen LogP contribution is 2.32. The normalized spacial score (nSPS) is 19.2. The van der Waals surface area contributed by atoms with E-state index in [2.05, 4.69) is 20.2 Å². The van der Waals surface area contributed by atoms with Gasteiger partial charge in [0.05, 0.1) is 5.69 Å². The van der Waals surface area contributed by atoms with Gasteiger partial charge in [0.25, 0.3) is 6.43 Å². The molecule has 0 spiro atoms. The van der Waals surface area contributed by atoms with Gasteiger partial charge in [-0.15, -0.1) is 10.2 Å². The van der Waals surface area contributed by atoms with Crippen LogP contribution < -0.4 is 10.6 Å². The number of halogens is 2. The van der Waals surface area contributed by atoms with E-state index in [4.69, 9.17) is 5.73 Å². The fourth-order valence-electron chi connectivity index (χ4n) is 2.45. The molecule has 1 unspecified atom stereocenters. The summed E-state index contributed by atoms with van der Waals surface area (Å²) in [4.78, 5) is 10.1. The van der Waals surface area contributed by atoms with Crippen LogP contribution in [0.2, 0.25) is 0 Å². The number of aromatic nitrogens is 4. The minimum atomic E-state index is -2.57. The Kier molecular flexibility index (Phi) is 3.91. The van der Waals surface area contributed by atoms with Crippen molar-refractivity contribution in [3.8, 4) is 0 Å². The maximum atomic E-state index is 12.6. The van der Waals surface area contributed by atoms with Crippen molar-refractivity contribution in [1.82, 2.24) is 20.2 Å².